The summed E-state index contributed by atoms with van der Waals surface area (Å²) in [5, 5.41) is -0.362. The van der Waals surface area contributed by atoms with Crippen molar-refractivity contribution >= 4 is 64.4 Å². The Morgan fingerprint density at radius 1 is 1.39 bits per heavy atom. The highest BCUT2D eigenvalue weighted by Crippen LogP contribution is 2.40. The zero-order valence-electron chi connectivity index (χ0n) is 11.9. The highest BCUT2D eigenvalue weighted by Gasteiger charge is 2.52. The molecule has 2 N–H and O–H groups in total. The molecule has 0 saturated carbocycles. The second-order valence-corrected chi connectivity index (χ2v) is 8.48. The molecule has 2 aliphatic rings. The van der Waals surface area contributed by atoms with E-state index < -0.39 is 34.3 Å². The fourth-order valence-electron chi connectivity index (χ4n) is 2.08. The number of thioether (sulfide) groups is 1. The molecule has 23 heavy (non-hydrogen) atoms. The van der Waals surface area contributed by atoms with E-state index in [0.29, 0.717) is 11.3 Å². The molecule has 1 fully saturated rings. The van der Waals surface area contributed by atoms with E-state index in [1.165, 1.54) is 23.6 Å². The van der Waals surface area contributed by atoms with Crippen molar-refractivity contribution in [2.45, 2.75) is 22.1 Å². The number of hydrogen-bond acceptors (Lipinski definition) is 7. The third-order valence-electron chi connectivity index (χ3n) is 3.10. The quantitative estimate of drug-likeness (QED) is 0.424. The molecule has 1 amide bonds. The number of carbonyl (C=O) groups is 3. The number of esters is 2. The Labute approximate surface area is 151 Å². The summed E-state index contributed by atoms with van der Waals surface area (Å²) in [5.74, 6) is -1.38. The number of amides is 1. The fourth-order valence-corrected chi connectivity index (χ4v) is 3.52. The van der Waals surface area contributed by atoms with E-state index >= 15 is 0 Å². The second kappa shape index (κ2) is 7.06. The normalized spacial score (nSPS) is 24.0. The first-order valence-electron chi connectivity index (χ1n) is 6.41. The van der Waals surface area contributed by atoms with E-state index in [9.17, 15) is 14.4 Å². The van der Waals surface area contributed by atoms with Crippen LogP contribution in [-0.2, 0) is 23.9 Å². The maximum Gasteiger partial charge on any atom is 0.355 e. The standard InChI is InChI=1S/C12H13Cl3N2O5S/c1-5(18)21-2-6-3-23-10-7(16)9(19)17(10)8(6)11(20)22-4-12(13,14)15/h7,10H,2-4,16H2,1H3/t7?,10-/m1/s1. The average Bonchev–Trinajstić information content (AvgIpc) is 2.47. The summed E-state index contributed by atoms with van der Waals surface area (Å²) in [7, 11) is 0. The number of nitrogens with two attached hydrogens (primary N) is 1. The van der Waals surface area contributed by atoms with Crippen molar-refractivity contribution in [3.05, 3.63) is 11.3 Å². The monoisotopic (exact) mass is 402 g/mol. The number of hydrogen-bond donors (Lipinski definition) is 1. The molecule has 2 heterocycles. The van der Waals surface area contributed by atoms with Gasteiger partial charge in [0.1, 0.15) is 30.3 Å². The fraction of sp³-hybridized carbons (Fsp3) is 0.583. The largest absolute Gasteiger partial charge is 0.461 e. The van der Waals surface area contributed by atoms with Gasteiger partial charge in [-0.2, -0.15) is 0 Å². The number of fused-ring (bicyclic) bond motifs is 1. The Hall–Kier alpha value is -0.670. The Balaban J connectivity index is 2.23. The molecule has 2 atom stereocenters. The van der Waals surface area contributed by atoms with Gasteiger partial charge in [0, 0.05) is 18.2 Å². The lowest BCUT2D eigenvalue weighted by Gasteiger charge is -2.48. The van der Waals surface area contributed by atoms with Gasteiger partial charge in [-0.1, -0.05) is 34.8 Å². The molecule has 2 rings (SSSR count). The van der Waals surface area contributed by atoms with Crippen LogP contribution in [0.25, 0.3) is 0 Å². The van der Waals surface area contributed by atoms with Gasteiger partial charge in [0.25, 0.3) is 0 Å². The molecule has 0 radical (unpaired) electrons. The Bertz CT molecular complexity index is 578. The first kappa shape index (κ1) is 18.7. The molecule has 128 valence electrons. The first-order valence-corrected chi connectivity index (χ1v) is 8.59. The Morgan fingerprint density at radius 3 is 2.61 bits per heavy atom. The summed E-state index contributed by atoms with van der Waals surface area (Å²) in [4.78, 5) is 36.5. The van der Waals surface area contributed by atoms with E-state index in [4.69, 9.17) is 50.0 Å². The van der Waals surface area contributed by atoms with Crippen LogP contribution in [0.15, 0.2) is 11.3 Å². The van der Waals surface area contributed by atoms with Gasteiger partial charge >= 0.3 is 11.9 Å². The molecular formula is C12H13Cl3N2O5S. The summed E-state index contributed by atoms with van der Waals surface area (Å²) in [6.45, 7) is 0.629. The van der Waals surface area contributed by atoms with Crippen molar-refractivity contribution in [2.75, 3.05) is 19.0 Å². The lowest BCUT2D eigenvalue weighted by Crippen LogP contribution is -2.68. The predicted octanol–water partition coefficient (Wildman–Crippen LogP) is 0.959. The molecule has 0 aromatic rings. The molecule has 1 saturated heterocycles. The summed E-state index contributed by atoms with van der Waals surface area (Å²) < 4.78 is 8.08. The van der Waals surface area contributed by atoms with Crippen LogP contribution in [0, 0.1) is 0 Å². The molecule has 11 heteroatoms. The van der Waals surface area contributed by atoms with Crippen molar-refractivity contribution < 1.29 is 23.9 Å². The first-order chi connectivity index (χ1) is 10.6. The number of halogens is 3. The van der Waals surface area contributed by atoms with E-state index in [0.717, 1.165) is 0 Å². The lowest BCUT2D eigenvalue weighted by atomic mass is 10.0. The van der Waals surface area contributed by atoms with Crippen LogP contribution >= 0.6 is 46.6 Å². The summed E-state index contributed by atoms with van der Waals surface area (Å²) in [6.07, 6.45) is 0. The van der Waals surface area contributed by atoms with Gasteiger partial charge in [-0.3, -0.25) is 14.5 Å². The molecular weight excluding hydrogens is 391 g/mol. The molecule has 0 aromatic heterocycles. The van der Waals surface area contributed by atoms with Gasteiger partial charge < -0.3 is 15.2 Å². The molecule has 0 spiro atoms. The number of carbonyl (C=O) groups excluding carboxylic acids is 3. The average molecular weight is 404 g/mol. The smallest absolute Gasteiger partial charge is 0.355 e. The maximum absolute atomic E-state index is 12.3. The summed E-state index contributed by atoms with van der Waals surface area (Å²) >= 11 is 18.0. The molecule has 2 aliphatic heterocycles. The van der Waals surface area contributed by atoms with Gasteiger partial charge in [0.05, 0.1) is 0 Å². The van der Waals surface area contributed by atoms with Crippen molar-refractivity contribution in [1.82, 2.24) is 4.90 Å². The van der Waals surface area contributed by atoms with Crippen molar-refractivity contribution in [2.24, 2.45) is 5.73 Å². The number of ether oxygens (including phenoxy) is 2. The molecule has 7 nitrogen and oxygen atoms in total. The molecule has 0 aliphatic carbocycles. The van der Waals surface area contributed by atoms with E-state index in [2.05, 4.69) is 0 Å². The number of rotatable bonds is 4. The predicted molar refractivity (Wildman–Crippen MR) is 86.0 cm³/mol. The highest BCUT2D eigenvalue weighted by atomic mass is 35.6. The third-order valence-corrected chi connectivity index (χ3v) is 4.79. The van der Waals surface area contributed by atoms with Crippen molar-refractivity contribution in [3.8, 4) is 0 Å². The molecule has 1 unspecified atom stereocenters. The van der Waals surface area contributed by atoms with Crippen LogP contribution in [0.4, 0.5) is 0 Å². The minimum absolute atomic E-state index is 0.00375. The van der Waals surface area contributed by atoms with Crippen molar-refractivity contribution in [3.63, 3.8) is 0 Å². The SMILES string of the molecule is CC(=O)OCC1=C(C(=O)OCC(Cl)(Cl)Cl)N2C(=O)C(N)[C@H]2SC1. The third kappa shape index (κ3) is 4.24. The van der Waals surface area contributed by atoms with E-state index in [1.807, 2.05) is 0 Å². The minimum Gasteiger partial charge on any atom is -0.461 e. The van der Waals surface area contributed by atoms with Gasteiger partial charge in [-0.05, 0) is 0 Å². The van der Waals surface area contributed by atoms with Gasteiger partial charge in [0.2, 0.25) is 9.70 Å². The van der Waals surface area contributed by atoms with E-state index in [-0.39, 0.29) is 17.7 Å². The van der Waals surface area contributed by atoms with Gasteiger partial charge in [-0.15, -0.1) is 11.8 Å². The van der Waals surface area contributed by atoms with Crippen LogP contribution in [0.1, 0.15) is 6.92 Å². The van der Waals surface area contributed by atoms with Gasteiger partial charge in [-0.25, -0.2) is 4.79 Å². The second-order valence-electron chi connectivity index (χ2n) is 4.86. The Morgan fingerprint density at radius 2 is 2.04 bits per heavy atom. The maximum atomic E-state index is 12.3. The van der Waals surface area contributed by atoms with Crippen LogP contribution in [0.2, 0.25) is 0 Å². The lowest BCUT2D eigenvalue weighted by molar-refractivity contribution is -0.151. The molecule has 0 aromatic carbocycles. The highest BCUT2D eigenvalue weighted by molar-refractivity contribution is 8.00. The molecule has 0 bridgehead atoms. The van der Waals surface area contributed by atoms with Gasteiger partial charge in [0.15, 0.2) is 0 Å². The summed E-state index contributed by atoms with van der Waals surface area (Å²) in [6, 6.07) is -0.689. The number of alkyl halides is 3. The minimum atomic E-state index is -1.77. The van der Waals surface area contributed by atoms with Crippen LogP contribution in [0.5, 0.6) is 0 Å². The van der Waals surface area contributed by atoms with Crippen molar-refractivity contribution in [1.29, 1.82) is 0 Å². The van der Waals surface area contributed by atoms with Crippen LogP contribution < -0.4 is 5.73 Å². The Kier molecular flexibility index (Phi) is 5.73. The van der Waals surface area contributed by atoms with Crippen LogP contribution in [0.3, 0.4) is 0 Å². The van der Waals surface area contributed by atoms with E-state index in [1.54, 1.807) is 0 Å². The zero-order chi connectivity index (χ0) is 17.4. The number of nitrogens with zero attached hydrogens (tertiary/aromatic N) is 1. The van der Waals surface area contributed by atoms with Crippen LogP contribution in [-0.4, -0.2) is 56.9 Å². The summed E-state index contributed by atoms with van der Waals surface area (Å²) in [5.41, 5.74) is 6.15. The number of β-lactam (4-membered cyclic amide) rings is 1. The topological polar surface area (TPSA) is 98.9 Å². The zero-order valence-corrected chi connectivity index (χ0v) is 15.0.